The van der Waals surface area contributed by atoms with Crippen molar-refractivity contribution < 1.29 is 80.2 Å². The Hall–Kier alpha value is -1.94. The molecule has 2 unspecified atom stereocenters. The third-order valence-electron chi connectivity index (χ3n) is 17.7. The van der Waals surface area contributed by atoms with Gasteiger partial charge in [0.2, 0.25) is 0 Å². The first-order valence-corrected chi connectivity index (χ1v) is 42.5. The molecular weight excluding hydrogens is 1250 g/mol. The molecule has 0 aliphatic heterocycles. The molecule has 0 aliphatic rings. The molecule has 5 atom stereocenters. The van der Waals surface area contributed by atoms with Gasteiger partial charge in [-0.05, 0) is 37.5 Å². The summed E-state index contributed by atoms with van der Waals surface area (Å²) in [5.41, 5.74) is 0. The van der Waals surface area contributed by atoms with Crippen LogP contribution in [-0.2, 0) is 65.4 Å². The molecule has 17 nitrogen and oxygen atoms in total. The zero-order chi connectivity index (χ0) is 70.0. The number of phosphoric acid groups is 2. The molecule has 0 aromatic heterocycles. The quantitative estimate of drug-likeness (QED) is 0.0222. The summed E-state index contributed by atoms with van der Waals surface area (Å²) in [5.74, 6) is -0.522. The third-order valence-corrected chi connectivity index (χ3v) is 19.6. The van der Waals surface area contributed by atoms with Gasteiger partial charge in [0.25, 0.3) is 0 Å². The Kier molecular flexibility index (Phi) is 66.5. The molecule has 0 fully saturated rings. The van der Waals surface area contributed by atoms with E-state index in [0.29, 0.717) is 25.7 Å². The number of rotatable bonds is 75. The smallest absolute Gasteiger partial charge is 0.462 e. The number of hydrogen-bond acceptors (Lipinski definition) is 15. The summed E-state index contributed by atoms with van der Waals surface area (Å²) in [5, 5.41) is 10.6. The summed E-state index contributed by atoms with van der Waals surface area (Å²) < 4.78 is 68.5. The van der Waals surface area contributed by atoms with Crippen LogP contribution in [0.25, 0.3) is 0 Å². The van der Waals surface area contributed by atoms with E-state index in [-0.39, 0.29) is 25.7 Å². The lowest BCUT2D eigenvalue weighted by atomic mass is 10.0. The molecule has 0 saturated heterocycles. The van der Waals surface area contributed by atoms with Crippen molar-refractivity contribution in [3.8, 4) is 0 Å². The van der Waals surface area contributed by atoms with E-state index in [1.165, 1.54) is 205 Å². The Labute approximate surface area is 581 Å². The standard InChI is InChI=1S/C76H148O17P2/c1-7-9-11-13-15-17-18-23-31-36-42-48-54-60-75(80)92-71(64-86-73(78)58-52-46-40-16-14-12-10-8-2)66-90-94(82,83)88-62-70(77)63-89-95(84,85)91-67-72(65-87-74(79)59-53-47-41-35-30-27-22-25-29-34-39-45-51-57-69(5)6)93-76(81)61-55-49-43-37-32-26-21-19-20-24-28-33-38-44-50-56-68(3)4/h68-72,77H,7-67H2,1-6H3,(H,82,83)(H,84,85)/t70-,71+,72+/m0/s1. The minimum absolute atomic E-state index is 0.108. The van der Waals surface area contributed by atoms with Crippen molar-refractivity contribution >= 4 is 39.5 Å². The molecule has 0 aromatic rings. The average Bonchev–Trinajstić information content (AvgIpc) is 1.48. The second-order valence-corrected chi connectivity index (χ2v) is 31.3. The highest BCUT2D eigenvalue weighted by atomic mass is 31.2. The molecule has 0 bridgehead atoms. The van der Waals surface area contributed by atoms with Gasteiger partial charge in [-0.25, -0.2) is 9.13 Å². The van der Waals surface area contributed by atoms with Gasteiger partial charge in [0.1, 0.15) is 19.3 Å². The number of phosphoric ester groups is 2. The van der Waals surface area contributed by atoms with E-state index in [1.807, 2.05) is 0 Å². The van der Waals surface area contributed by atoms with Gasteiger partial charge in [0.15, 0.2) is 12.2 Å². The van der Waals surface area contributed by atoms with Gasteiger partial charge in [-0.1, -0.05) is 343 Å². The minimum Gasteiger partial charge on any atom is -0.462 e. The Morgan fingerprint density at radius 3 is 0.716 bits per heavy atom. The van der Waals surface area contributed by atoms with E-state index in [2.05, 4.69) is 41.5 Å². The Balaban J connectivity index is 5.21. The van der Waals surface area contributed by atoms with Crippen LogP contribution in [0.2, 0.25) is 0 Å². The second kappa shape index (κ2) is 67.9. The molecule has 3 N–H and O–H groups in total. The lowest BCUT2D eigenvalue weighted by molar-refractivity contribution is -0.161. The molecular formula is C76H148O17P2. The summed E-state index contributed by atoms with van der Waals surface area (Å²) >= 11 is 0. The van der Waals surface area contributed by atoms with Gasteiger partial charge in [0.05, 0.1) is 26.4 Å². The highest BCUT2D eigenvalue weighted by Crippen LogP contribution is 2.45. The van der Waals surface area contributed by atoms with Crippen LogP contribution in [0.1, 0.15) is 395 Å². The Morgan fingerprint density at radius 1 is 0.284 bits per heavy atom. The zero-order valence-electron chi connectivity index (χ0n) is 62.0. The van der Waals surface area contributed by atoms with Crippen molar-refractivity contribution in [2.75, 3.05) is 39.6 Å². The average molecular weight is 1400 g/mol. The molecule has 0 spiro atoms. The van der Waals surface area contributed by atoms with Crippen LogP contribution in [0.3, 0.4) is 0 Å². The van der Waals surface area contributed by atoms with E-state index in [9.17, 15) is 43.2 Å². The first-order valence-electron chi connectivity index (χ1n) is 39.5. The fraction of sp³-hybridized carbons (Fsp3) is 0.947. The van der Waals surface area contributed by atoms with Gasteiger partial charge in [-0.3, -0.25) is 37.3 Å². The maximum absolute atomic E-state index is 13.1. The lowest BCUT2D eigenvalue weighted by Gasteiger charge is -2.21. The number of aliphatic hydroxyl groups is 1. The first kappa shape index (κ1) is 93.1. The third kappa shape index (κ3) is 70.3. The predicted octanol–water partition coefficient (Wildman–Crippen LogP) is 22.3. The molecule has 0 aliphatic carbocycles. The lowest BCUT2D eigenvalue weighted by Crippen LogP contribution is -2.30. The van der Waals surface area contributed by atoms with E-state index < -0.39 is 97.5 Å². The summed E-state index contributed by atoms with van der Waals surface area (Å²) in [6, 6.07) is 0. The zero-order valence-corrected chi connectivity index (χ0v) is 63.8. The van der Waals surface area contributed by atoms with Crippen molar-refractivity contribution in [1.82, 2.24) is 0 Å². The number of carbonyl (C=O) groups excluding carboxylic acids is 4. The molecule has 564 valence electrons. The van der Waals surface area contributed by atoms with Gasteiger partial charge < -0.3 is 33.8 Å². The van der Waals surface area contributed by atoms with Crippen molar-refractivity contribution in [3.05, 3.63) is 0 Å². The predicted molar refractivity (Wildman–Crippen MR) is 386 cm³/mol. The van der Waals surface area contributed by atoms with E-state index in [4.69, 9.17) is 37.0 Å². The number of unbranched alkanes of at least 4 members (excludes halogenated alkanes) is 45. The van der Waals surface area contributed by atoms with Crippen LogP contribution in [0, 0.1) is 11.8 Å². The fourth-order valence-corrected chi connectivity index (χ4v) is 13.2. The highest BCUT2D eigenvalue weighted by Gasteiger charge is 2.30. The summed E-state index contributed by atoms with van der Waals surface area (Å²) in [4.78, 5) is 72.7. The van der Waals surface area contributed by atoms with Crippen LogP contribution in [0.4, 0.5) is 0 Å². The molecule has 0 rings (SSSR count). The topological polar surface area (TPSA) is 237 Å². The molecule has 0 saturated carbocycles. The van der Waals surface area contributed by atoms with Crippen LogP contribution in [-0.4, -0.2) is 96.7 Å². The molecule has 0 heterocycles. The first-order chi connectivity index (χ1) is 45.9. The van der Waals surface area contributed by atoms with Gasteiger partial charge in [-0.15, -0.1) is 0 Å². The minimum atomic E-state index is -4.96. The largest absolute Gasteiger partial charge is 0.472 e. The molecule has 95 heavy (non-hydrogen) atoms. The fourth-order valence-electron chi connectivity index (χ4n) is 11.7. The summed E-state index contributed by atoms with van der Waals surface area (Å²) in [7, 11) is -9.91. The Morgan fingerprint density at radius 2 is 0.484 bits per heavy atom. The summed E-state index contributed by atoms with van der Waals surface area (Å²) in [6.45, 7) is 9.62. The van der Waals surface area contributed by atoms with Gasteiger partial charge in [0, 0.05) is 25.7 Å². The van der Waals surface area contributed by atoms with Crippen molar-refractivity contribution in [2.45, 2.75) is 413 Å². The van der Waals surface area contributed by atoms with Gasteiger partial charge in [-0.2, -0.15) is 0 Å². The van der Waals surface area contributed by atoms with E-state index in [0.717, 1.165) is 108 Å². The Bertz CT molecular complexity index is 1840. The van der Waals surface area contributed by atoms with Crippen LogP contribution >= 0.6 is 15.6 Å². The van der Waals surface area contributed by atoms with Crippen molar-refractivity contribution in [2.24, 2.45) is 11.8 Å². The maximum atomic E-state index is 13.1. The molecule has 0 amide bonds. The van der Waals surface area contributed by atoms with E-state index in [1.54, 1.807) is 0 Å². The SMILES string of the molecule is CCCCCCCCCCCCCCCC(=O)O[C@H](COC(=O)CCCCCCCCCC)COP(=O)(O)OC[C@H](O)COP(=O)(O)OC[C@@H](COC(=O)CCCCCCCCCCCCCCCC(C)C)OC(=O)CCCCCCCCCCCCCCCCCC(C)C. The highest BCUT2D eigenvalue weighted by molar-refractivity contribution is 7.47. The van der Waals surface area contributed by atoms with Crippen LogP contribution in [0.5, 0.6) is 0 Å². The summed E-state index contributed by atoms with van der Waals surface area (Å²) in [6.07, 6.45) is 55.4. The normalized spacial score (nSPS) is 14.0. The maximum Gasteiger partial charge on any atom is 0.472 e. The van der Waals surface area contributed by atoms with Crippen molar-refractivity contribution in [3.63, 3.8) is 0 Å². The number of esters is 4. The van der Waals surface area contributed by atoms with Gasteiger partial charge >= 0.3 is 39.5 Å². The molecule has 19 heteroatoms. The van der Waals surface area contributed by atoms with Crippen molar-refractivity contribution in [1.29, 1.82) is 0 Å². The molecule has 0 radical (unpaired) electrons. The second-order valence-electron chi connectivity index (χ2n) is 28.3. The van der Waals surface area contributed by atoms with E-state index >= 15 is 0 Å². The van der Waals surface area contributed by atoms with Crippen LogP contribution in [0.15, 0.2) is 0 Å². The number of carbonyl (C=O) groups is 4. The molecule has 0 aromatic carbocycles. The number of ether oxygens (including phenoxy) is 4. The monoisotopic (exact) mass is 1400 g/mol. The number of hydrogen-bond donors (Lipinski definition) is 3. The number of aliphatic hydroxyl groups excluding tert-OH is 1. The van der Waals surface area contributed by atoms with Crippen LogP contribution < -0.4 is 0 Å².